The van der Waals surface area contributed by atoms with Gasteiger partial charge in [0, 0.05) is 30.0 Å². The zero-order chi connectivity index (χ0) is 16.9. The number of nitrogens with zero attached hydrogens (tertiary/aromatic N) is 1. The molecule has 1 spiro atoms. The number of benzene rings is 1. The van der Waals surface area contributed by atoms with Crippen molar-refractivity contribution in [3.63, 3.8) is 0 Å². The summed E-state index contributed by atoms with van der Waals surface area (Å²) >= 11 is 0. The number of hydrogen-bond donors (Lipinski definition) is 1. The van der Waals surface area contributed by atoms with Crippen LogP contribution in [-0.4, -0.2) is 41.6 Å². The molecule has 1 amide bonds. The molecule has 1 N–H and O–H groups in total. The molecule has 5 heteroatoms. The first-order valence-electron chi connectivity index (χ1n) is 8.75. The standard InChI is InChI=1S/C19H23NO4/c1-12-8-13(18(22)23)11-20(10-12)17(21)15-9-19(15)6-7-24-16-5-3-2-4-14(16)19/h2-5,12-13,15H,6-11H2,1H3,(H,22,23). The minimum Gasteiger partial charge on any atom is -0.493 e. The largest absolute Gasteiger partial charge is 0.493 e. The molecule has 4 rings (SSSR count). The van der Waals surface area contributed by atoms with Crippen molar-refractivity contribution in [1.82, 2.24) is 4.90 Å². The molecule has 24 heavy (non-hydrogen) atoms. The number of carbonyl (C=O) groups excluding carboxylic acids is 1. The van der Waals surface area contributed by atoms with E-state index in [-0.39, 0.29) is 23.2 Å². The first kappa shape index (κ1) is 15.5. The molecule has 128 valence electrons. The van der Waals surface area contributed by atoms with Crippen LogP contribution in [-0.2, 0) is 15.0 Å². The molecule has 0 aromatic heterocycles. The van der Waals surface area contributed by atoms with Crippen molar-refractivity contribution in [3.8, 4) is 5.75 Å². The summed E-state index contributed by atoms with van der Waals surface area (Å²) in [4.78, 5) is 26.2. The number of piperidine rings is 1. The van der Waals surface area contributed by atoms with Crippen LogP contribution in [0.3, 0.4) is 0 Å². The summed E-state index contributed by atoms with van der Waals surface area (Å²) in [6.07, 6.45) is 2.38. The Labute approximate surface area is 141 Å². The quantitative estimate of drug-likeness (QED) is 0.904. The van der Waals surface area contributed by atoms with E-state index in [1.807, 2.05) is 25.1 Å². The first-order chi connectivity index (χ1) is 11.5. The van der Waals surface area contributed by atoms with E-state index in [0.717, 1.165) is 24.2 Å². The number of para-hydroxylation sites is 1. The molecule has 0 radical (unpaired) electrons. The minimum absolute atomic E-state index is 0.0257. The van der Waals surface area contributed by atoms with Crippen molar-refractivity contribution in [2.75, 3.05) is 19.7 Å². The molecule has 4 unspecified atom stereocenters. The SMILES string of the molecule is CC1CC(C(=O)O)CN(C(=O)C2CC23CCOc2ccccc23)C1. The highest BCUT2D eigenvalue weighted by Gasteiger charge is 2.62. The lowest BCUT2D eigenvalue weighted by Crippen LogP contribution is -2.47. The van der Waals surface area contributed by atoms with Gasteiger partial charge in [-0.25, -0.2) is 0 Å². The van der Waals surface area contributed by atoms with Gasteiger partial charge in [0.05, 0.1) is 12.5 Å². The number of carbonyl (C=O) groups is 2. The highest BCUT2D eigenvalue weighted by atomic mass is 16.5. The second kappa shape index (κ2) is 5.50. The maximum Gasteiger partial charge on any atom is 0.308 e. The van der Waals surface area contributed by atoms with Gasteiger partial charge in [0.25, 0.3) is 0 Å². The molecule has 2 fully saturated rings. The minimum atomic E-state index is -0.790. The third-order valence-electron chi connectivity index (χ3n) is 5.92. The summed E-state index contributed by atoms with van der Waals surface area (Å²) in [5.74, 6) is 0.0115. The Kier molecular flexibility index (Phi) is 3.55. The Morgan fingerprint density at radius 2 is 2.08 bits per heavy atom. The lowest BCUT2D eigenvalue weighted by Gasteiger charge is -2.36. The number of likely N-dealkylation sites (tertiary alicyclic amines) is 1. The third kappa shape index (κ3) is 2.38. The van der Waals surface area contributed by atoms with Gasteiger partial charge < -0.3 is 14.7 Å². The van der Waals surface area contributed by atoms with Crippen LogP contribution in [0.5, 0.6) is 5.75 Å². The Morgan fingerprint density at radius 1 is 1.29 bits per heavy atom. The summed E-state index contributed by atoms with van der Waals surface area (Å²) in [5.41, 5.74) is 1.06. The van der Waals surface area contributed by atoms with E-state index in [4.69, 9.17) is 4.74 Å². The molecule has 1 aliphatic carbocycles. The van der Waals surface area contributed by atoms with Gasteiger partial charge >= 0.3 is 5.97 Å². The van der Waals surface area contributed by atoms with E-state index in [2.05, 4.69) is 6.07 Å². The lowest BCUT2D eigenvalue weighted by atomic mass is 9.86. The van der Waals surface area contributed by atoms with Crippen LogP contribution in [0.1, 0.15) is 31.7 Å². The van der Waals surface area contributed by atoms with E-state index in [1.54, 1.807) is 4.90 Å². The summed E-state index contributed by atoms with van der Waals surface area (Å²) in [7, 11) is 0. The highest BCUT2D eigenvalue weighted by molar-refractivity contribution is 5.85. The molecule has 2 aliphatic heterocycles. The number of fused-ring (bicyclic) bond motifs is 2. The topological polar surface area (TPSA) is 66.8 Å². The Balaban J connectivity index is 1.54. The number of hydrogen-bond acceptors (Lipinski definition) is 3. The fourth-order valence-electron chi connectivity index (χ4n) is 4.62. The maximum atomic E-state index is 13.0. The summed E-state index contributed by atoms with van der Waals surface area (Å²) in [5, 5.41) is 9.33. The zero-order valence-electron chi connectivity index (χ0n) is 13.9. The molecule has 1 saturated heterocycles. The lowest BCUT2D eigenvalue weighted by molar-refractivity contribution is -0.147. The second-order valence-corrected chi connectivity index (χ2v) is 7.63. The van der Waals surface area contributed by atoms with Crippen LogP contribution < -0.4 is 4.74 Å². The van der Waals surface area contributed by atoms with Gasteiger partial charge in [0.1, 0.15) is 5.75 Å². The predicted molar refractivity (Wildman–Crippen MR) is 87.8 cm³/mol. The number of carboxylic acids is 1. The Morgan fingerprint density at radius 3 is 2.88 bits per heavy atom. The van der Waals surface area contributed by atoms with Gasteiger partial charge in [-0.2, -0.15) is 0 Å². The average Bonchev–Trinajstić information content (AvgIpc) is 3.28. The van der Waals surface area contributed by atoms with Crippen LogP contribution in [0.25, 0.3) is 0 Å². The average molecular weight is 329 g/mol. The van der Waals surface area contributed by atoms with Gasteiger partial charge in [-0.1, -0.05) is 25.1 Å². The molecule has 1 aromatic carbocycles. The van der Waals surface area contributed by atoms with E-state index >= 15 is 0 Å². The zero-order valence-corrected chi connectivity index (χ0v) is 13.9. The van der Waals surface area contributed by atoms with Crippen LogP contribution in [0.4, 0.5) is 0 Å². The van der Waals surface area contributed by atoms with Gasteiger partial charge in [-0.3, -0.25) is 9.59 Å². The number of carboxylic acid groups (broad SMARTS) is 1. The van der Waals surface area contributed by atoms with Crippen molar-refractivity contribution in [2.45, 2.75) is 31.6 Å². The van der Waals surface area contributed by atoms with Crippen LogP contribution in [0.2, 0.25) is 0 Å². The molecule has 0 bridgehead atoms. The smallest absolute Gasteiger partial charge is 0.308 e. The van der Waals surface area contributed by atoms with Gasteiger partial charge in [0.2, 0.25) is 5.91 Å². The Hall–Kier alpha value is -2.04. The molecule has 1 aromatic rings. The molecular formula is C19H23NO4. The number of ether oxygens (including phenoxy) is 1. The van der Waals surface area contributed by atoms with Crippen molar-refractivity contribution in [2.24, 2.45) is 17.8 Å². The monoisotopic (exact) mass is 329 g/mol. The van der Waals surface area contributed by atoms with Crippen LogP contribution >= 0.6 is 0 Å². The van der Waals surface area contributed by atoms with Crippen molar-refractivity contribution < 1.29 is 19.4 Å². The summed E-state index contributed by atoms with van der Waals surface area (Å²) < 4.78 is 5.74. The van der Waals surface area contributed by atoms with Crippen molar-refractivity contribution >= 4 is 11.9 Å². The summed E-state index contributed by atoms with van der Waals surface area (Å²) in [6.45, 7) is 3.70. The first-order valence-corrected chi connectivity index (χ1v) is 8.75. The van der Waals surface area contributed by atoms with E-state index < -0.39 is 11.9 Å². The van der Waals surface area contributed by atoms with Gasteiger partial charge in [-0.05, 0) is 31.2 Å². The third-order valence-corrected chi connectivity index (χ3v) is 5.92. The number of rotatable bonds is 2. The summed E-state index contributed by atoms with van der Waals surface area (Å²) in [6, 6.07) is 8.00. The van der Waals surface area contributed by atoms with Gasteiger partial charge in [-0.15, -0.1) is 0 Å². The molecule has 4 atom stereocenters. The fourth-order valence-corrected chi connectivity index (χ4v) is 4.62. The van der Waals surface area contributed by atoms with Crippen LogP contribution in [0.15, 0.2) is 24.3 Å². The van der Waals surface area contributed by atoms with Crippen molar-refractivity contribution in [3.05, 3.63) is 29.8 Å². The highest BCUT2D eigenvalue weighted by Crippen LogP contribution is 2.61. The molecular weight excluding hydrogens is 306 g/mol. The van der Waals surface area contributed by atoms with Crippen LogP contribution in [0, 0.1) is 17.8 Å². The molecule has 1 saturated carbocycles. The molecule has 5 nitrogen and oxygen atoms in total. The van der Waals surface area contributed by atoms with Gasteiger partial charge in [0.15, 0.2) is 0 Å². The molecule has 3 aliphatic rings. The predicted octanol–water partition coefficient (Wildman–Crippen LogP) is 2.30. The van der Waals surface area contributed by atoms with Crippen molar-refractivity contribution in [1.29, 1.82) is 0 Å². The van der Waals surface area contributed by atoms with E-state index in [1.165, 1.54) is 0 Å². The normalized spacial score (nSPS) is 34.4. The number of amides is 1. The van der Waals surface area contributed by atoms with E-state index in [0.29, 0.717) is 26.1 Å². The Bertz CT molecular complexity index is 688. The maximum absolute atomic E-state index is 13.0. The van der Waals surface area contributed by atoms with E-state index in [9.17, 15) is 14.7 Å². The number of aliphatic carboxylic acids is 1. The second-order valence-electron chi connectivity index (χ2n) is 7.63. The fraction of sp³-hybridized carbons (Fsp3) is 0.579. The molecule has 2 heterocycles.